The van der Waals surface area contributed by atoms with E-state index in [9.17, 15) is 9.90 Å². The molecule has 3 nitrogen and oxygen atoms in total. The number of aliphatic hydroxyl groups excluding tert-OH is 2. The molecule has 18 heavy (non-hydrogen) atoms. The number of hydrogen-bond donors (Lipinski definition) is 2. The van der Waals surface area contributed by atoms with Gasteiger partial charge in [0.2, 0.25) is 0 Å². The molecule has 0 aliphatic heterocycles. The number of carbonyl (C=O) groups is 1. The number of ketones is 1. The lowest BCUT2D eigenvalue weighted by Gasteiger charge is -2.08. The molecule has 0 radical (unpaired) electrons. The minimum Gasteiger partial charge on any atom is -0.388 e. The first-order valence-corrected chi connectivity index (χ1v) is 6.00. The topological polar surface area (TPSA) is 57.5 Å². The smallest absolute Gasteiger partial charge is 0.186 e. The molecule has 0 bridgehead atoms. The van der Waals surface area contributed by atoms with Crippen LogP contribution >= 0.6 is 0 Å². The van der Waals surface area contributed by atoms with E-state index >= 15 is 0 Å². The molecule has 0 spiro atoms. The number of rotatable bonds is 5. The third-order valence-corrected chi connectivity index (χ3v) is 3.05. The normalized spacial score (nSPS) is 12.6. The van der Waals surface area contributed by atoms with Gasteiger partial charge in [0, 0.05) is 0 Å². The average Bonchev–Trinajstić information content (AvgIpc) is 2.43. The van der Waals surface area contributed by atoms with Crippen LogP contribution in [0.5, 0.6) is 0 Å². The maximum absolute atomic E-state index is 11.0. The molecule has 3 heteroatoms. The second kappa shape index (κ2) is 5.76. The fourth-order valence-electron chi connectivity index (χ4n) is 1.96. The van der Waals surface area contributed by atoms with Crippen molar-refractivity contribution in [2.24, 2.45) is 0 Å². The quantitative estimate of drug-likeness (QED) is 0.841. The molecular weight excluding hydrogens is 228 g/mol. The Bertz CT molecular complexity index is 548. The van der Waals surface area contributed by atoms with Gasteiger partial charge in [-0.15, -0.1) is 0 Å². The van der Waals surface area contributed by atoms with Crippen LogP contribution in [-0.2, 0) is 11.2 Å². The lowest BCUT2D eigenvalue weighted by atomic mass is 10.0. The van der Waals surface area contributed by atoms with E-state index in [1.807, 2.05) is 36.4 Å². The first kappa shape index (κ1) is 12.7. The summed E-state index contributed by atoms with van der Waals surface area (Å²) in [4.78, 5) is 11.0. The molecule has 0 saturated heterocycles. The molecule has 0 amide bonds. The van der Waals surface area contributed by atoms with Crippen molar-refractivity contribution in [3.63, 3.8) is 0 Å². The van der Waals surface area contributed by atoms with E-state index in [0.29, 0.717) is 12.8 Å². The molecule has 2 N–H and O–H groups in total. The van der Waals surface area contributed by atoms with Crippen molar-refractivity contribution in [1.82, 2.24) is 0 Å². The van der Waals surface area contributed by atoms with Crippen LogP contribution in [0.4, 0.5) is 0 Å². The van der Waals surface area contributed by atoms with Crippen molar-refractivity contribution in [1.29, 1.82) is 0 Å². The Morgan fingerprint density at radius 2 is 1.83 bits per heavy atom. The molecule has 0 heterocycles. The van der Waals surface area contributed by atoms with Crippen molar-refractivity contribution in [2.75, 3.05) is 6.61 Å². The summed E-state index contributed by atoms with van der Waals surface area (Å²) < 4.78 is 0. The van der Waals surface area contributed by atoms with E-state index in [1.165, 1.54) is 5.39 Å². The fourth-order valence-corrected chi connectivity index (χ4v) is 1.96. The Labute approximate surface area is 106 Å². The fraction of sp³-hybridized carbons (Fsp3) is 0.267. The highest BCUT2D eigenvalue weighted by Crippen LogP contribution is 2.17. The zero-order valence-corrected chi connectivity index (χ0v) is 10.0. The summed E-state index contributed by atoms with van der Waals surface area (Å²) in [7, 11) is 0. The van der Waals surface area contributed by atoms with Crippen molar-refractivity contribution in [2.45, 2.75) is 18.9 Å². The van der Waals surface area contributed by atoms with Crippen LogP contribution in [0.15, 0.2) is 42.5 Å². The summed E-state index contributed by atoms with van der Waals surface area (Å²) in [5.41, 5.74) is 1.08. The Morgan fingerprint density at radius 3 is 2.56 bits per heavy atom. The molecular formula is C15H16O3. The Morgan fingerprint density at radius 1 is 1.11 bits per heavy atom. The van der Waals surface area contributed by atoms with E-state index in [0.717, 1.165) is 10.9 Å². The molecule has 0 aliphatic rings. The summed E-state index contributed by atoms with van der Waals surface area (Å²) >= 11 is 0. The second-order valence-corrected chi connectivity index (χ2v) is 4.36. The third-order valence-electron chi connectivity index (χ3n) is 3.05. The Balaban J connectivity index is 2.06. The molecule has 2 aromatic rings. The van der Waals surface area contributed by atoms with Gasteiger partial charge in [-0.2, -0.15) is 0 Å². The van der Waals surface area contributed by atoms with E-state index in [1.54, 1.807) is 0 Å². The average molecular weight is 244 g/mol. The highest BCUT2D eigenvalue weighted by Gasteiger charge is 2.13. The molecule has 1 atom stereocenters. The van der Waals surface area contributed by atoms with Gasteiger partial charge in [-0.1, -0.05) is 42.5 Å². The van der Waals surface area contributed by atoms with Crippen LogP contribution in [0.2, 0.25) is 0 Å². The van der Waals surface area contributed by atoms with Crippen LogP contribution in [-0.4, -0.2) is 28.7 Å². The zero-order chi connectivity index (χ0) is 13.0. The van der Waals surface area contributed by atoms with Gasteiger partial charge >= 0.3 is 0 Å². The Kier molecular flexibility index (Phi) is 4.07. The van der Waals surface area contributed by atoms with Gasteiger partial charge in [-0.3, -0.25) is 4.79 Å². The molecule has 0 aliphatic carbocycles. The van der Waals surface area contributed by atoms with Crippen LogP contribution in [0.3, 0.4) is 0 Å². The number of fused-ring (bicyclic) bond motifs is 1. The maximum atomic E-state index is 11.0. The largest absolute Gasteiger partial charge is 0.388 e. The lowest BCUT2D eigenvalue weighted by Crippen LogP contribution is -2.23. The number of aryl methyl sites for hydroxylation is 1. The monoisotopic (exact) mass is 244 g/mol. The van der Waals surface area contributed by atoms with Gasteiger partial charge in [0.05, 0.1) is 0 Å². The number of hydrogen-bond acceptors (Lipinski definition) is 3. The summed E-state index contributed by atoms with van der Waals surface area (Å²) in [6.07, 6.45) is -0.100. The minimum absolute atomic E-state index is 0.345. The highest BCUT2D eigenvalue weighted by atomic mass is 16.3. The molecule has 0 saturated carbocycles. The van der Waals surface area contributed by atoms with E-state index < -0.39 is 18.5 Å². The summed E-state index contributed by atoms with van der Waals surface area (Å²) in [5, 5.41) is 20.4. The molecule has 0 unspecified atom stereocenters. The Hall–Kier alpha value is -1.71. The summed E-state index contributed by atoms with van der Waals surface area (Å²) in [5.74, 6) is -0.518. The van der Waals surface area contributed by atoms with Gasteiger partial charge in [0.15, 0.2) is 5.78 Å². The summed E-state index contributed by atoms with van der Waals surface area (Å²) in [6, 6.07) is 14.1. The van der Waals surface area contributed by atoms with Crippen LogP contribution in [0.1, 0.15) is 12.0 Å². The van der Waals surface area contributed by atoms with Crippen LogP contribution in [0, 0.1) is 0 Å². The predicted molar refractivity (Wildman–Crippen MR) is 70.4 cm³/mol. The van der Waals surface area contributed by atoms with E-state index in [4.69, 9.17) is 5.11 Å². The zero-order valence-electron chi connectivity index (χ0n) is 10.0. The lowest BCUT2D eigenvalue weighted by molar-refractivity contribution is -0.130. The standard InChI is InChI=1S/C15H16O3/c16-10-15(18)14(17)8-6-11-5-7-12-3-1-2-4-13(12)9-11/h1-5,7,9,14,16-17H,6,8,10H2/t14-/m0/s1. The van der Waals surface area contributed by atoms with Gasteiger partial charge in [0.25, 0.3) is 0 Å². The second-order valence-electron chi connectivity index (χ2n) is 4.36. The van der Waals surface area contributed by atoms with Gasteiger partial charge in [0.1, 0.15) is 12.7 Å². The van der Waals surface area contributed by atoms with E-state index in [-0.39, 0.29) is 0 Å². The number of Topliss-reactive ketones (excluding diaryl/α,β-unsaturated/α-hetero) is 1. The molecule has 0 aromatic heterocycles. The molecule has 2 aromatic carbocycles. The molecule has 94 valence electrons. The third kappa shape index (κ3) is 2.94. The van der Waals surface area contributed by atoms with Gasteiger partial charge < -0.3 is 10.2 Å². The SMILES string of the molecule is O=C(CO)[C@@H](O)CCc1ccc2ccccc2c1. The van der Waals surface area contributed by atoms with Gasteiger partial charge in [-0.05, 0) is 29.2 Å². The maximum Gasteiger partial charge on any atom is 0.186 e. The number of aliphatic hydroxyl groups is 2. The molecule has 0 fully saturated rings. The van der Waals surface area contributed by atoms with E-state index in [2.05, 4.69) is 6.07 Å². The van der Waals surface area contributed by atoms with Crippen molar-refractivity contribution in [3.05, 3.63) is 48.0 Å². The first-order chi connectivity index (χ1) is 8.70. The van der Waals surface area contributed by atoms with Crippen molar-refractivity contribution < 1.29 is 15.0 Å². The van der Waals surface area contributed by atoms with Crippen LogP contribution in [0.25, 0.3) is 10.8 Å². The van der Waals surface area contributed by atoms with Crippen molar-refractivity contribution in [3.8, 4) is 0 Å². The number of benzene rings is 2. The minimum atomic E-state index is -1.07. The van der Waals surface area contributed by atoms with Crippen molar-refractivity contribution >= 4 is 16.6 Å². The first-order valence-electron chi connectivity index (χ1n) is 6.00. The van der Waals surface area contributed by atoms with Crippen LogP contribution < -0.4 is 0 Å². The molecule has 2 rings (SSSR count). The number of carbonyl (C=O) groups excluding carboxylic acids is 1. The highest BCUT2D eigenvalue weighted by molar-refractivity contribution is 5.84. The predicted octanol–water partition coefficient (Wildman–Crippen LogP) is 1.69. The summed E-state index contributed by atoms with van der Waals surface area (Å²) in [6.45, 7) is -0.598. The van der Waals surface area contributed by atoms with Gasteiger partial charge in [-0.25, -0.2) is 0 Å².